The molecular weight excluding hydrogens is 504 g/mol. The van der Waals surface area contributed by atoms with Gasteiger partial charge >= 0.3 is 0 Å². The van der Waals surface area contributed by atoms with Gasteiger partial charge in [-0.05, 0) is 103 Å². The van der Waals surface area contributed by atoms with Gasteiger partial charge in [0, 0.05) is 0 Å². The highest BCUT2D eigenvalue weighted by Crippen LogP contribution is 2.21. The third-order valence-electron chi connectivity index (χ3n) is 5.96. The van der Waals surface area contributed by atoms with Crippen LogP contribution in [0.5, 0.6) is 0 Å². The van der Waals surface area contributed by atoms with Gasteiger partial charge in [-0.15, -0.1) is 0 Å². The summed E-state index contributed by atoms with van der Waals surface area (Å²) in [6.07, 6.45) is 14.8. The number of aryl methyl sites for hydroxylation is 4. The van der Waals surface area contributed by atoms with Crippen LogP contribution in [0.4, 0.5) is 0 Å². The first-order valence-electron chi connectivity index (χ1n) is 16.0. The van der Waals surface area contributed by atoms with E-state index >= 15 is 0 Å². The smallest absolute Gasteiger partial charge is 0.00882 e. The van der Waals surface area contributed by atoms with Gasteiger partial charge in [0.1, 0.15) is 0 Å². The highest BCUT2D eigenvalue weighted by Gasteiger charge is 2.07. The second kappa shape index (κ2) is 24.9. The zero-order valence-corrected chi connectivity index (χ0v) is 27.5. The monoisotopic (exact) mass is 573 g/mol. The molecule has 0 amide bonds. The molecule has 3 aromatic rings. The van der Waals surface area contributed by atoms with Crippen molar-refractivity contribution < 1.29 is 0 Å². The Morgan fingerprint density at radius 1 is 0.405 bits per heavy atom. The van der Waals surface area contributed by atoms with Gasteiger partial charge in [0.25, 0.3) is 0 Å². The van der Waals surface area contributed by atoms with E-state index in [1.54, 1.807) is 22.3 Å². The van der Waals surface area contributed by atoms with Crippen LogP contribution >= 0.6 is 0 Å². The SMILES string of the molecule is C.C.C1=Cc2ccccc2C1.CC(C)C.CC(C)C.CC(C)C.c1ccc2c(c1)CCC2.c1ccc2c(c1)CCCC2. The van der Waals surface area contributed by atoms with Gasteiger partial charge in [-0.25, -0.2) is 0 Å². The fourth-order valence-electron chi connectivity index (χ4n) is 4.39. The van der Waals surface area contributed by atoms with Crippen molar-refractivity contribution in [2.75, 3.05) is 0 Å². The van der Waals surface area contributed by atoms with Crippen molar-refractivity contribution in [3.05, 3.63) is 112 Å². The molecule has 3 aromatic carbocycles. The van der Waals surface area contributed by atoms with E-state index in [-0.39, 0.29) is 14.9 Å². The molecule has 0 unspecified atom stereocenters. The third kappa shape index (κ3) is 20.3. The van der Waals surface area contributed by atoms with Crippen molar-refractivity contribution in [2.45, 2.75) is 129 Å². The summed E-state index contributed by atoms with van der Waals surface area (Å²) in [4.78, 5) is 0. The Labute approximate surface area is 264 Å². The molecule has 0 nitrogen and oxygen atoms in total. The van der Waals surface area contributed by atoms with Crippen LogP contribution in [0.2, 0.25) is 0 Å². The number of fused-ring (bicyclic) bond motifs is 3. The van der Waals surface area contributed by atoms with Gasteiger partial charge in [-0.1, -0.05) is 162 Å². The topological polar surface area (TPSA) is 0 Å². The van der Waals surface area contributed by atoms with E-state index in [4.69, 9.17) is 0 Å². The Balaban J connectivity index is 0. The van der Waals surface area contributed by atoms with Crippen LogP contribution in [0.15, 0.2) is 78.9 Å². The van der Waals surface area contributed by atoms with E-state index in [9.17, 15) is 0 Å². The summed E-state index contributed by atoms with van der Waals surface area (Å²) in [6.45, 7) is 19.5. The van der Waals surface area contributed by atoms with Crippen LogP contribution in [0.3, 0.4) is 0 Å². The molecule has 0 saturated carbocycles. The standard InChI is InChI=1S/C10H12.C9H10.C9H8.3C4H10.2CH4/c1-2-6-10-8-4-3-7-9(10)5-1;2*1-2-5-9-7-3-6-8(9)4-1;3*1-4(2)3;;/h1-2,5-6H,3-4,7-8H2;1-2,4-5H,3,6-7H2;1-6H,7H2;3*4H,1-3H3;2*1H4. The lowest BCUT2D eigenvalue weighted by Crippen LogP contribution is -2.00. The van der Waals surface area contributed by atoms with Gasteiger partial charge in [-0.2, -0.15) is 0 Å². The average Bonchev–Trinajstić information content (AvgIpc) is 3.58. The Kier molecular flexibility index (Phi) is 24.7. The summed E-state index contributed by atoms with van der Waals surface area (Å²) in [6, 6.07) is 26.0. The summed E-state index contributed by atoms with van der Waals surface area (Å²) in [5.41, 5.74) is 9.13. The van der Waals surface area contributed by atoms with Crippen LogP contribution in [0.1, 0.15) is 130 Å². The number of hydrogen-bond donors (Lipinski definition) is 0. The van der Waals surface area contributed by atoms with Crippen LogP contribution in [0.25, 0.3) is 6.08 Å². The molecule has 0 bridgehead atoms. The lowest BCUT2D eigenvalue weighted by atomic mass is 9.92. The Hall–Kier alpha value is -2.60. The summed E-state index contributed by atoms with van der Waals surface area (Å²) >= 11 is 0. The molecule has 0 spiro atoms. The summed E-state index contributed by atoms with van der Waals surface area (Å²) in [5, 5.41) is 0. The van der Waals surface area contributed by atoms with Crippen molar-refractivity contribution in [1.29, 1.82) is 0 Å². The zero-order chi connectivity index (χ0) is 29.8. The molecule has 0 atom stereocenters. The molecule has 0 aliphatic heterocycles. The number of allylic oxidation sites excluding steroid dienone is 1. The molecule has 3 aliphatic carbocycles. The van der Waals surface area contributed by atoms with Gasteiger partial charge in [-0.3, -0.25) is 0 Å². The molecule has 236 valence electrons. The first kappa shape index (κ1) is 41.5. The van der Waals surface area contributed by atoms with Crippen molar-refractivity contribution in [2.24, 2.45) is 17.8 Å². The van der Waals surface area contributed by atoms with Gasteiger partial charge in [0.15, 0.2) is 0 Å². The Bertz CT molecular complexity index is 988. The average molecular weight is 573 g/mol. The van der Waals surface area contributed by atoms with E-state index in [0.717, 1.165) is 24.2 Å². The minimum absolute atomic E-state index is 0. The van der Waals surface area contributed by atoms with Crippen LogP contribution < -0.4 is 0 Å². The molecule has 0 radical (unpaired) electrons. The quantitative estimate of drug-likeness (QED) is 0.251. The van der Waals surface area contributed by atoms with Crippen LogP contribution in [-0.2, 0) is 32.1 Å². The summed E-state index contributed by atoms with van der Waals surface area (Å²) < 4.78 is 0. The van der Waals surface area contributed by atoms with E-state index in [0.29, 0.717) is 0 Å². The Morgan fingerprint density at radius 2 is 0.690 bits per heavy atom. The fourth-order valence-corrected chi connectivity index (χ4v) is 4.39. The molecule has 0 fully saturated rings. The number of benzene rings is 3. The molecule has 0 heterocycles. The molecule has 6 rings (SSSR count). The first-order valence-corrected chi connectivity index (χ1v) is 16.0. The number of hydrogen-bond acceptors (Lipinski definition) is 0. The van der Waals surface area contributed by atoms with E-state index in [1.165, 1.54) is 56.1 Å². The van der Waals surface area contributed by atoms with Gasteiger partial charge in [0.2, 0.25) is 0 Å². The second-order valence-electron chi connectivity index (χ2n) is 13.1. The minimum Gasteiger partial charge on any atom is -0.0795 e. The third-order valence-corrected chi connectivity index (χ3v) is 5.96. The van der Waals surface area contributed by atoms with Crippen molar-refractivity contribution in [3.8, 4) is 0 Å². The molecule has 0 N–H and O–H groups in total. The molecular formula is C42H68. The maximum Gasteiger partial charge on any atom is -0.00882 e. The predicted octanol–water partition coefficient (Wildman–Crippen LogP) is 13.3. The van der Waals surface area contributed by atoms with Crippen LogP contribution in [0, 0.1) is 17.8 Å². The van der Waals surface area contributed by atoms with Crippen molar-refractivity contribution in [1.82, 2.24) is 0 Å². The molecule has 0 saturated heterocycles. The lowest BCUT2D eigenvalue weighted by Gasteiger charge is -2.13. The zero-order valence-electron chi connectivity index (χ0n) is 27.5. The van der Waals surface area contributed by atoms with Crippen LogP contribution in [-0.4, -0.2) is 0 Å². The maximum atomic E-state index is 2.26. The molecule has 0 heteroatoms. The molecule has 0 aromatic heterocycles. The van der Waals surface area contributed by atoms with E-state index in [1.807, 2.05) is 0 Å². The highest BCUT2D eigenvalue weighted by molar-refractivity contribution is 5.59. The van der Waals surface area contributed by atoms with E-state index < -0.39 is 0 Å². The summed E-state index contributed by atoms with van der Waals surface area (Å²) in [5.74, 6) is 2.50. The largest absolute Gasteiger partial charge is 0.0795 e. The van der Waals surface area contributed by atoms with Crippen molar-refractivity contribution >= 4 is 6.08 Å². The summed E-state index contributed by atoms with van der Waals surface area (Å²) in [7, 11) is 0. The first-order chi connectivity index (χ1) is 19.1. The highest BCUT2D eigenvalue weighted by atomic mass is 14.1. The van der Waals surface area contributed by atoms with Gasteiger partial charge in [0.05, 0.1) is 0 Å². The second-order valence-corrected chi connectivity index (χ2v) is 13.1. The van der Waals surface area contributed by atoms with E-state index in [2.05, 4.69) is 147 Å². The maximum absolute atomic E-state index is 2.26. The Morgan fingerprint density at radius 3 is 1.02 bits per heavy atom. The number of rotatable bonds is 0. The minimum atomic E-state index is 0. The normalized spacial score (nSPS) is 12.8. The molecule has 42 heavy (non-hydrogen) atoms. The van der Waals surface area contributed by atoms with Gasteiger partial charge < -0.3 is 0 Å². The lowest BCUT2D eigenvalue weighted by molar-refractivity contribution is 0.685. The fraction of sp³-hybridized carbons (Fsp3) is 0.524. The predicted molar refractivity (Wildman–Crippen MR) is 196 cm³/mol. The molecule has 3 aliphatic rings. The van der Waals surface area contributed by atoms with Crippen molar-refractivity contribution in [3.63, 3.8) is 0 Å².